The average Bonchev–Trinajstić information content (AvgIpc) is 3.99. The van der Waals surface area contributed by atoms with E-state index in [1.54, 1.807) is 22.7 Å². The number of para-hydroxylation sites is 2. The number of fused-ring (bicyclic) bond motifs is 5. The standard InChI is InChI=1S/C47H27N5OS2/c1-3-11-29(12-4-1)43-50-44(30-13-5-2-6-14-30)52-45(51-43)32-25-26-40-38(27-32)49-47(54-40)31-23-21-28(22-24-31)33-15-9-16-34-35-17-10-18-36(42(35)55-41(33)34)46-48-37-19-7-8-20-39(37)53-46/h1-27H. The van der Waals surface area contributed by atoms with Crippen LogP contribution < -0.4 is 0 Å². The van der Waals surface area contributed by atoms with Crippen molar-refractivity contribution in [1.82, 2.24) is 24.9 Å². The van der Waals surface area contributed by atoms with Gasteiger partial charge in [0.1, 0.15) is 10.5 Å². The topological polar surface area (TPSA) is 77.6 Å². The second-order valence-corrected chi connectivity index (χ2v) is 15.3. The number of thiophene rings is 1. The summed E-state index contributed by atoms with van der Waals surface area (Å²) in [6.07, 6.45) is 0. The minimum atomic E-state index is 0.616. The van der Waals surface area contributed by atoms with Gasteiger partial charge in [-0.1, -0.05) is 127 Å². The number of hydrogen-bond donors (Lipinski definition) is 0. The fourth-order valence-corrected chi connectivity index (χ4v) is 9.42. The van der Waals surface area contributed by atoms with Crippen molar-refractivity contribution in [2.75, 3.05) is 0 Å². The fraction of sp³-hybridized carbons (Fsp3) is 0. The van der Waals surface area contributed by atoms with Crippen molar-refractivity contribution in [2.45, 2.75) is 0 Å². The number of nitrogens with zero attached hydrogens (tertiary/aromatic N) is 5. The third-order valence-corrected chi connectivity index (χ3v) is 12.2. The van der Waals surface area contributed by atoms with Gasteiger partial charge in [0.05, 0.1) is 15.8 Å². The van der Waals surface area contributed by atoms with Gasteiger partial charge in [0, 0.05) is 42.4 Å². The Morgan fingerprint density at radius 1 is 0.382 bits per heavy atom. The molecule has 0 amide bonds. The smallest absolute Gasteiger partial charge is 0.228 e. The number of oxazole rings is 1. The summed E-state index contributed by atoms with van der Waals surface area (Å²) in [5.74, 6) is 2.54. The predicted octanol–water partition coefficient (Wildman–Crippen LogP) is 13.0. The highest BCUT2D eigenvalue weighted by molar-refractivity contribution is 7.26. The van der Waals surface area contributed by atoms with Crippen molar-refractivity contribution in [3.63, 3.8) is 0 Å². The zero-order valence-corrected chi connectivity index (χ0v) is 30.7. The van der Waals surface area contributed by atoms with E-state index in [1.165, 1.54) is 25.7 Å². The average molecular weight is 742 g/mol. The van der Waals surface area contributed by atoms with Crippen molar-refractivity contribution in [3.05, 3.63) is 164 Å². The van der Waals surface area contributed by atoms with E-state index in [0.717, 1.165) is 59.7 Å². The number of benzene rings is 7. The molecule has 0 N–H and O–H groups in total. The van der Waals surface area contributed by atoms with Gasteiger partial charge in [-0.2, -0.15) is 0 Å². The molecule has 0 fully saturated rings. The Labute approximate surface area is 323 Å². The zero-order valence-electron chi connectivity index (χ0n) is 29.0. The van der Waals surface area contributed by atoms with Gasteiger partial charge in [0.15, 0.2) is 23.1 Å². The molecule has 4 heterocycles. The van der Waals surface area contributed by atoms with Crippen LogP contribution >= 0.6 is 22.7 Å². The molecule has 11 rings (SSSR count). The third kappa shape index (κ3) is 5.58. The zero-order chi connectivity index (χ0) is 36.3. The van der Waals surface area contributed by atoms with Crippen molar-refractivity contribution in [1.29, 1.82) is 0 Å². The lowest BCUT2D eigenvalue weighted by molar-refractivity contribution is 0.621. The first-order valence-electron chi connectivity index (χ1n) is 17.9. The molecule has 7 aromatic carbocycles. The molecule has 0 bridgehead atoms. The highest BCUT2D eigenvalue weighted by Crippen LogP contribution is 2.44. The first-order chi connectivity index (χ1) is 27.2. The summed E-state index contributed by atoms with van der Waals surface area (Å²) in [4.78, 5) is 24.6. The summed E-state index contributed by atoms with van der Waals surface area (Å²) in [5.41, 5.74) is 9.79. The Kier molecular flexibility index (Phi) is 7.43. The number of thiazole rings is 1. The summed E-state index contributed by atoms with van der Waals surface area (Å²) in [7, 11) is 0. The molecule has 0 radical (unpaired) electrons. The van der Waals surface area contributed by atoms with Gasteiger partial charge in [0.2, 0.25) is 5.89 Å². The third-order valence-electron chi connectivity index (χ3n) is 9.84. The summed E-state index contributed by atoms with van der Waals surface area (Å²) in [5, 5.41) is 3.40. The van der Waals surface area contributed by atoms with E-state index in [4.69, 9.17) is 29.3 Å². The van der Waals surface area contributed by atoms with Gasteiger partial charge in [-0.15, -0.1) is 22.7 Å². The van der Waals surface area contributed by atoms with Crippen LogP contribution in [0.15, 0.2) is 168 Å². The molecule has 4 aromatic heterocycles. The van der Waals surface area contributed by atoms with Crippen LogP contribution in [0, 0.1) is 0 Å². The summed E-state index contributed by atoms with van der Waals surface area (Å²) < 4.78 is 9.72. The van der Waals surface area contributed by atoms with E-state index in [1.807, 2.05) is 84.9 Å². The maximum Gasteiger partial charge on any atom is 0.228 e. The number of aromatic nitrogens is 5. The van der Waals surface area contributed by atoms with Crippen LogP contribution in [-0.4, -0.2) is 24.9 Å². The summed E-state index contributed by atoms with van der Waals surface area (Å²) in [6, 6.07) is 56.0. The van der Waals surface area contributed by atoms with Crippen molar-refractivity contribution in [3.8, 4) is 67.3 Å². The first kappa shape index (κ1) is 31.6. The fourth-order valence-electron chi connectivity index (χ4n) is 7.12. The van der Waals surface area contributed by atoms with Crippen LogP contribution in [0.2, 0.25) is 0 Å². The molecule has 0 atom stereocenters. The molecular formula is C47H27N5OS2. The van der Waals surface area contributed by atoms with Gasteiger partial charge in [0.25, 0.3) is 0 Å². The molecule has 0 unspecified atom stereocenters. The molecule has 8 heteroatoms. The van der Waals surface area contributed by atoms with Crippen LogP contribution in [0.25, 0.3) is 109 Å². The predicted molar refractivity (Wildman–Crippen MR) is 226 cm³/mol. The van der Waals surface area contributed by atoms with Crippen molar-refractivity contribution < 1.29 is 4.42 Å². The molecule has 6 nitrogen and oxygen atoms in total. The SMILES string of the molecule is c1ccc(-c2nc(-c3ccccc3)nc(-c3ccc4sc(-c5ccc(-c6cccc7c6sc6c(-c8nc9ccccc9o8)cccc67)cc5)nc4c3)n2)cc1. The Morgan fingerprint density at radius 2 is 0.964 bits per heavy atom. The molecule has 0 saturated heterocycles. The minimum Gasteiger partial charge on any atom is -0.436 e. The maximum atomic E-state index is 6.20. The lowest BCUT2D eigenvalue weighted by atomic mass is 10.0. The van der Waals surface area contributed by atoms with Crippen LogP contribution in [0.1, 0.15) is 0 Å². The van der Waals surface area contributed by atoms with Gasteiger partial charge in [-0.3, -0.25) is 0 Å². The second-order valence-electron chi connectivity index (χ2n) is 13.3. The second kappa shape index (κ2) is 12.9. The molecule has 0 saturated carbocycles. The van der Waals surface area contributed by atoms with Crippen LogP contribution in [0.4, 0.5) is 0 Å². The summed E-state index contributed by atoms with van der Waals surface area (Å²) in [6.45, 7) is 0. The molecule has 55 heavy (non-hydrogen) atoms. The highest BCUT2D eigenvalue weighted by atomic mass is 32.1. The van der Waals surface area contributed by atoms with Crippen molar-refractivity contribution >= 4 is 64.2 Å². The van der Waals surface area contributed by atoms with E-state index in [-0.39, 0.29) is 0 Å². The monoisotopic (exact) mass is 741 g/mol. The molecule has 11 aromatic rings. The molecule has 0 aliphatic carbocycles. The quantitative estimate of drug-likeness (QED) is 0.169. The number of rotatable bonds is 6. The van der Waals surface area contributed by atoms with Crippen LogP contribution in [-0.2, 0) is 0 Å². The normalized spacial score (nSPS) is 11.6. The van der Waals surface area contributed by atoms with E-state index in [2.05, 4.69) is 78.9 Å². The minimum absolute atomic E-state index is 0.616. The van der Waals surface area contributed by atoms with Gasteiger partial charge >= 0.3 is 0 Å². The first-order valence-corrected chi connectivity index (χ1v) is 19.5. The molecular weight excluding hydrogens is 715 g/mol. The van der Waals surface area contributed by atoms with Gasteiger partial charge in [-0.05, 0) is 47.5 Å². The van der Waals surface area contributed by atoms with Crippen LogP contribution in [0.3, 0.4) is 0 Å². The number of hydrogen-bond acceptors (Lipinski definition) is 8. The van der Waals surface area contributed by atoms with E-state index < -0.39 is 0 Å². The Morgan fingerprint density at radius 3 is 1.65 bits per heavy atom. The van der Waals surface area contributed by atoms with Gasteiger partial charge in [-0.25, -0.2) is 24.9 Å². The van der Waals surface area contributed by atoms with Crippen LogP contribution in [0.5, 0.6) is 0 Å². The lowest BCUT2D eigenvalue weighted by Crippen LogP contribution is -2.00. The molecule has 0 spiro atoms. The Balaban J connectivity index is 0.938. The Hall–Kier alpha value is -6.87. The largest absolute Gasteiger partial charge is 0.436 e. The summed E-state index contributed by atoms with van der Waals surface area (Å²) >= 11 is 3.48. The van der Waals surface area contributed by atoms with Gasteiger partial charge < -0.3 is 4.42 Å². The van der Waals surface area contributed by atoms with Crippen molar-refractivity contribution in [2.24, 2.45) is 0 Å². The molecule has 0 aliphatic rings. The maximum absolute atomic E-state index is 6.20. The Bertz CT molecular complexity index is 3110. The van der Waals surface area contributed by atoms with E-state index in [0.29, 0.717) is 23.4 Å². The highest BCUT2D eigenvalue weighted by Gasteiger charge is 2.18. The molecule has 258 valence electrons. The lowest BCUT2D eigenvalue weighted by Gasteiger charge is -2.08. The molecule has 0 aliphatic heterocycles. The van der Waals surface area contributed by atoms with E-state index >= 15 is 0 Å². The van der Waals surface area contributed by atoms with E-state index in [9.17, 15) is 0 Å².